The molecule has 4 rings (SSSR count). The van der Waals surface area contributed by atoms with E-state index < -0.39 is 0 Å². The Labute approximate surface area is 193 Å². The zero-order valence-corrected chi connectivity index (χ0v) is 19.8. The third-order valence-electron chi connectivity index (χ3n) is 5.24. The van der Waals surface area contributed by atoms with Gasteiger partial charge in [-0.05, 0) is 32.1 Å². The van der Waals surface area contributed by atoms with E-state index in [0.29, 0.717) is 17.0 Å². The summed E-state index contributed by atoms with van der Waals surface area (Å²) in [5.74, 6) is 0.623. The van der Waals surface area contributed by atoms with Crippen LogP contribution >= 0.6 is 0 Å². The molecule has 0 aliphatic rings. The van der Waals surface area contributed by atoms with Crippen molar-refractivity contribution in [1.29, 1.82) is 0 Å². The van der Waals surface area contributed by atoms with Gasteiger partial charge in [0.25, 0.3) is 5.56 Å². The number of H-pyrrole nitrogens is 1. The van der Waals surface area contributed by atoms with Crippen molar-refractivity contribution in [2.45, 2.75) is 13.0 Å². The molecule has 174 valence electrons. The lowest BCUT2D eigenvalue weighted by Gasteiger charge is -2.20. The van der Waals surface area contributed by atoms with Crippen LogP contribution in [0.5, 0.6) is 0 Å². The second kappa shape index (κ2) is 10.9. The summed E-state index contributed by atoms with van der Waals surface area (Å²) in [4.78, 5) is 32.1. The van der Waals surface area contributed by atoms with Crippen molar-refractivity contribution < 1.29 is 4.74 Å². The second-order valence-corrected chi connectivity index (χ2v) is 8.10. The number of imidazole rings is 1. The number of aromatic amines is 1. The van der Waals surface area contributed by atoms with Crippen LogP contribution in [0.2, 0.25) is 0 Å². The molecule has 8 heteroatoms. The highest BCUT2D eigenvalue weighted by molar-refractivity contribution is 5.69. The van der Waals surface area contributed by atoms with Crippen LogP contribution in [0.4, 0.5) is 0 Å². The van der Waals surface area contributed by atoms with Crippen molar-refractivity contribution in [3.05, 3.63) is 98.5 Å². The van der Waals surface area contributed by atoms with E-state index in [1.54, 1.807) is 14.0 Å². The first kappa shape index (κ1) is 24.2. The van der Waals surface area contributed by atoms with E-state index >= 15 is 0 Å². The zero-order chi connectivity index (χ0) is 24.0. The van der Waals surface area contributed by atoms with Gasteiger partial charge in [0.05, 0.1) is 6.61 Å². The van der Waals surface area contributed by atoms with Gasteiger partial charge in [0.1, 0.15) is 17.4 Å². The number of nitrogens with one attached hydrogen (secondary N) is 1. The van der Waals surface area contributed by atoms with Crippen molar-refractivity contribution in [3.8, 4) is 0 Å². The highest BCUT2D eigenvalue weighted by atomic mass is 16.5. The second-order valence-electron chi connectivity index (χ2n) is 8.10. The molecule has 0 bridgehead atoms. The van der Waals surface area contributed by atoms with E-state index in [4.69, 9.17) is 4.74 Å². The minimum atomic E-state index is -0.367. The average Bonchev–Trinajstić information content (AvgIpc) is 3.22. The Hall–Kier alpha value is -3.49. The number of rotatable bonds is 6. The van der Waals surface area contributed by atoms with Crippen LogP contribution in [-0.2, 0) is 18.8 Å². The lowest BCUT2D eigenvalue weighted by atomic mass is 10.0. The van der Waals surface area contributed by atoms with Crippen LogP contribution in [0.3, 0.4) is 0 Å². The van der Waals surface area contributed by atoms with Gasteiger partial charge >= 0.3 is 5.69 Å². The molecule has 2 aromatic heterocycles. The van der Waals surface area contributed by atoms with Gasteiger partial charge in [-0.25, -0.2) is 9.78 Å². The molecule has 2 heterocycles. The zero-order valence-electron chi connectivity index (χ0n) is 19.8. The molecule has 1 N–H and O–H groups in total. The number of benzene rings is 2. The Morgan fingerprint density at radius 3 is 2.00 bits per heavy atom. The highest BCUT2D eigenvalue weighted by Gasteiger charge is 2.14. The first-order valence-electron chi connectivity index (χ1n) is 10.8. The molecule has 8 nitrogen and oxygen atoms in total. The highest BCUT2D eigenvalue weighted by Crippen LogP contribution is 2.25. The van der Waals surface area contributed by atoms with E-state index in [9.17, 15) is 9.59 Å². The molecule has 0 saturated carbocycles. The van der Waals surface area contributed by atoms with Gasteiger partial charge in [0.15, 0.2) is 5.65 Å². The molecule has 2 aromatic carbocycles. The van der Waals surface area contributed by atoms with Crippen LogP contribution < -0.4 is 11.2 Å². The Bertz CT molecular complexity index is 1250. The van der Waals surface area contributed by atoms with E-state index in [1.165, 1.54) is 22.7 Å². The quantitative estimate of drug-likeness (QED) is 0.489. The molecular weight excluding hydrogens is 418 g/mol. The van der Waals surface area contributed by atoms with Gasteiger partial charge in [0, 0.05) is 20.6 Å². The van der Waals surface area contributed by atoms with Gasteiger partial charge in [-0.2, -0.15) is 0 Å². The predicted octanol–water partition coefficient (Wildman–Crippen LogP) is 2.62. The molecule has 0 atom stereocenters. The number of nitrogens with zero attached hydrogens (tertiary/aromatic N) is 4. The summed E-state index contributed by atoms with van der Waals surface area (Å²) < 4.78 is 8.49. The minimum absolute atomic E-state index is 0.0161. The number of likely N-dealkylation sites (N-methyl/N-ethyl adjacent to an activating group) is 1. The van der Waals surface area contributed by atoms with Crippen LogP contribution in [0.15, 0.2) is 70.3 Å². The standard InChI is InChI=1S/C17H21NO.C8H10N4O2/c1-18(2)13-14-19-17(15-9-5-3-6-10-15)16-11-7-4-8-12-16;1-4-9-5-6(10-4)11(2)8(14)12(3)7(5)13/h3-12,17H,13-14H2,1-2H3;1-3H3,(H,9,10). The fraction of sp³-hybridized carbons (Fsp3) is 0.320. The number of aryl methyl sites for hydroxylation is 2. The van der Waals surface area contributed by atoms with Gasteiger partial charge in [-0.15, -0.1) is 0 Å². The molecule has 0 fully saturated rings. The number of ether oxygens (including phenoxy) is 1. The van der Waals surface area contributed by atoms with Crippen molar-refractivity contribution in [3.63, 3.8) is 0 Å². The molecule has 0 aliphatic heterocycles. The van der Waals surface area contributed by atoms with Crippen molar-refractivity contribution in [2.24, 2.45) is 14.1 Å². The summed E-state index contributed by atoms with van der Waals surface area (Å²) in [7, 11) is 7.15. The maximum absolute atomic E-state index is 11.6. The van der Waals surface area contributed by atoms with E-state index in [0.717, 1.165) is 17.7 Å². The summed E-state index contributed by atoms with van der Waals surface area (Å²) in [6.07, 6.45) is 0.0161. The van der Waals surface area contributed by atoms with Crippen LogP contribution in [-0.4, -0.2) is 51.2 Å². The largest absolute Gasteiger partial charge is 0.367 e. The minimum Gasteiger partial charge on any atom is -0.367 e. The van der Waals surface area contributed by atoms with Crippen LogP contribution in [0.1, 0.15) is 23.1 Å². The van der Waals surface area contributed by atoms with Gasteiger partial charge < -0.3 is 14.6 Å². The van der Waals surface area contributed by atoms with E-state index in [1.807, 2.05) is 12.1 Å². The Balaban J connectivity index is 0.000000194. The third-order valence-corrected chi connectivity index (χ3v) is 5.24. The number of aromatic nitrogens is 4. The molecule has 0 aliphatic carbocycles. The van der Waals surface area contributed by atoms with E-state index in [2.05, 4.69) is 77.5 Å². The Morgan fingerprint density at radius 2 is 1.48 bits per heavy atom. The molecule has 0 unspecified atom stereocenters. The smallest absolute Gasteiger partial charge is 0.332 e. The van der Waals surface area contributed by atoms with Crippen molar-refractivity contribution >= 4 is 11.2 Å². The molecule has 4 aromatic rings. The number of hydrogen-bond donors (Lipinski definition) is 1. The molecular formula is C25H31N5O3. The van der Waals surface area contributed by atoms with Crippen LogP contribution in [0.25, 0.3) is 11.2 Å². The number of hydrogen-bond acceptors (Lipinski definition) is 5. The van der Waals surface area contributed by atoms with Gasteiger partial charge in [0.2, 0.25) is 0 Å². The average molecular weight is 450 g/mol. The fourth-order valence-corrected chi connectivity index (χ4v) is 3.44. The lowest BCUT2D eigenvalue weighted by Crippen LogP contribution is -2.36. The maximum Gasteiger partial charge on any atom is 0.332 e. The van der Waals surface area contributed by atoms with Crippen molar-refractivity contribution in [1.82, 2.24) is 24.0 Å². The van der Waals surface area contributed by atoms with E-state index in [-0.39, 0.29) is 17.4 Å². The normalized spacial score (nSPS) is 11.1. The summed E-state index contributed by atoms with van der Waals surface area (Å²) >= 11 is 0. The molecule has 33 heavy (non-hydrogen) atoms. The maximum atomic E-state index is 11.6. The van der Waals surface area contributed by atoms with Gasteiger partial charge in [-0.3, -0.25) is 13.9 Å². The number of fused-ring (bicyclic) bond motifs is 1. The summed E-state index contributed by atoms with van der Waals surface area (Å²) in [5.41, 5.74) is 2.46. The Kier molecular flexibility index (Phi) is 7.97. The third kappa shape index (κ3) is 5.85. The lowest BCUT2D eigenvalue weighted by molar-refractivity contribution is 0.0687. The first-order valence-corrected chi connectivity index (χ1v) is 10.8. The summed E-state index contributed by atoms with van der Waals surface area (Å²) in [5, 5.41) is 0. The fourth-order valence-electron chi connectivity index (χ4n) is 3.44. The first-order chi connectivity index (χ1) is 15.8. The SMILES string of the molecule is CN(C)CCOC(c1ccccc1)c1ccccc1.Cc1nc2c([nH]1)c(=O)n(C)c(=O)n2C. The van der Waals surface area contributed by atoms with Gasteiger partial charge in [-0.1, -0.05) is 60.7 Å². The monoisotopic (exact) mass is 449 g/mol. The predicted molar refractivity (Wildman–Crippen MR) is 131 cm³/mol. The summed E-state index contributed by atoms with van der Waals surface area (Å²) in [6.45, 7) is 3.39. The molecule has 0 spiro atoms. The Morgan fingerprint density at radius 1 is 0.939 bits per heavy atom. The van der Waals surface area contributed by atoms with Crippen molar-refractivity contribution in [2.75, 3.05) is 27.2 Å². The molecule has 0 radical (unpaired) electrons. The topological polar surface area (TPSA) is 85.2 Å². The molecule has 0 amide bonds. The summed E-state index contributed by atoms with van der Waals surface area (Å²) in [6, 6.07) is 20.8. The van der Waals surface area contributed by atoms with Crippen LogP contribution in [0, 0.1) is 6.92 Å². The molecule has 0 saturated heterocycles.